The Bertz CT molecular complexity index is 264. The molecule has 0 aliphatic carbocycles. The van der Waals surface area contributed by atoms with Crippen LogP contribution in [0.2, 0.25) is 0 Å². The standard InChI is InChI=1S/C12H19NO2/c1-13(9-12(14)10-15-2)8-11-6-4-3-5-7-11/h3-7,12,14H,8-10H2,1-2H3. The van der Waals surface area contributed by atoms with Gasteiger partial charge >= 0.3 is 0 Å². The molecule has 0 aromatic heterocycles. The first-order chi connectivity index (χ1) is 7.22. The minimum absolute atomic E-state index is 0.388. The van der Waals surface area contributed by atoms with Gasteiger partial charge in [0.1, 0.15) is 0 Å². The number of rotatable bonds is 6. The van der Waals surface area contributed by atoms with Gasteiger partial charge in [-0.2, -0.15) is 0 Å². The van der Waals surface area contributed by atoms with E-state index in [2.05, 4.69) is 17.0 Å². The van der Waals surface area contributed by atoms with E-state index in [0.29, 0.717) is 13.2 Å². The van der Waals surface area contributed by atoms with Crippen molar-refractivity contribution in [2.24, 2.45) is 0 Å². The Labute approximate surface area is 91.3 Å². The van der Waals surface area contributed by atoms with E-state index in [4.69, 9.17) is 4.74 Å². The lowest BCUT2D eigenvalue weighted by atomic mass is 10.2. The van der Waals surface area contributed by atoms with Gasteiger partial charge in [-0.1, -0.05) is 30.3 Å². The first kappa shape index (κ1) is 12.2. The second-order valence-electron chi connectivity index (χ2n) is 3.79. The van der Waals surface area contributed by atoms with Crippen LogP contribution < -0.4 is 0 Å². The molecular weight excluding hydrogens is 190 g/mol. The van der Waals surface area contributed by atoms with Crippen LogP contribution in [0.25, 0.3) is 0 Å². The lowest BCUT2D eigenvalue weighted by Gasteiger charge is -2.20. The van der Waals surface area contributed by atoms with Crippen LogP contribution in [0.4, 0.5) is 0 Å². The maximum absolute atomic E-state index is 9.53. The maximum atomic E-state index is 9.53. The SMILES string of the molecule is COCC(O)CN(C)Cc1ccccc1. The average molecular weight is 209 g/mol. The fourth-order valence-corrected chi connectivity index (χ4v) is 1.56. The Morgan fingerprint density at radius 3 is 2.60 bits per heavy atom. The van der Waals surface area contributed by atoms with Gasteiger partial charge in [0.15, 0.2) is 0 Å². The van der Waals surface area contributed by atoms with Crippen molar-refractivity contribution in [3.63, 3.8) is 0 Å². The summed E-state index contributed by atoms with van der Waals surface area (Å²) in [5, 5.41) is 9.53. The summed E-state index contributed by atoms with van der Waals surface area (Å²) in [5.74, 6) is 0. The molecule has 1 rings (SSSR count). The highest BCUT2D eigenvalue weighted by Gasteiger charge is 2.07. The molecule has 0 fully saturated rings. The van der Waals surface area contributed by atoms with Gasteiger partial charge in [-0.15, -0.1) is 0 Å². The van der Waals surface area contributed by atoms with E-state index in [1.807, 2.05) is 25.2 Å². The van der Waals surface area contributed by atoms with Gasteiger partial charge in [-0.05, 0) is 12.6 Å². The van der Waals surface area contributed by atoms with Gasteiger partial charge in [0, 0.05) is 20.2 Å². The Morgan fingerprint density at radius 1 is 1.33 bits per heavy atom. The van der Waals surface area contributed by atoms with Crippen LogP contribution in [-0.2, 0) is 11.3 Å². The largest absolute Gasteiger partial charge is 0.389 e. The second kappa shape index (κ2) is 6.56. The first-order valence-corrected chi connectivity index (χ1v) is 5.12. The minimum Gasteiger partial charge on any atom is -0.389 e. The highest BCUT2D eigenvalue weighted by Crippen LogP contribution is 2.03. The van der Waals surface area contributed by atoms with Gasteiger partial charge in [-0.25, -0.2) is 0 Å². The number of methoxy groups -OCH3 is 1. The third-order valence-corrected chi connectivity index (χ3v) is 2.18. The average Bonchev–Trinajstić information content (AvgIpc) is 2.19. The van der Waals surface area contributed by atoms with Crippen molar-refractivity contribution in [2.75, 3.05) is 27.3 Å². The van der Waals surface area contributed by atoms with Crippen LogP contribution in [-0.4, -0.2) is 43.4 Å². The van der Waals surface area contributed by atoms with Crippen LogP contribution in [0, 0.1) is 0 Å². The molecule has 0 saturated carbocycles. The molecule has 1 N–H and O–H groups in total. The van der Waals surface area contributed by atoms with Gasteiger partial charge in [-0.3, -0.25) is 4.90 Å². The molecular formula is C12H19NO2. The zero-order chi connectivity index (χ0) is 11.1. The van der Waals surface area contributed by atoms with Gasteiger partial charge in [0.25, 0.3) is 0 Å². The molecule has 1 atom stereocenters. The predicted octanol–water partition coefficient (Wildman–Crippen LogP) is 1.13. The molecule has 3 nitrogen and oxygen atoms in total. The zero-order valence-corrected chi connectivity index (χ0v) is 9.39. The Hall–Kier alpha value is -0.900. The fourth-order valence-electron chi connectivity index (χ4n) is 1.56. The number of hydrogen-bond donors (Lipinski definition) is 1. The summed E-state index contributed by atoms with van der Waals surface area (Å²) in [6, 6.07) is 10.2. The van der Waals surface area contributed by atoms with Crippen molar-refractivity contribution in [1.82, 2.24) is 4.90 Å². The topological polar surface area (TPSA) is 32.7 Å². The highest BCUT2D eigenvalue weighted by molar-refractivity contribution is 5.14. The number of likely N-dealkylation sites (N-methyl/N-ethyl adjacent to an activating group) is 1. The number of ether oxygens (including phenoxy) is 1. The monoisotopic (exact) mass is 209 g/mol. The zero-order valence-electron chi connectivity index (χ0n) is 9.39. The molecule has 0 aliphatic heterocycles. The van der Waals surface area contributed by atoms with E-state index >= 15 is 0 Å². The molecule has 1 aromatic rings. The number of aliphatic hydroxyl groups is 1. The third-order valence-electron chi connectivity index (χ3n) is 2.18. The fraction of sp³-hybridized carbons (Fsp3) is 0.500. The van der Waals surface area contributed by atoms with Crippen LogP contribution in [0.5, 0.6) is 0 Å². The van der Waals surface area contributed by atoms with Gasteiger partial charge in [0.2, 0.25) is 0 Å². The van der Waals surface area contributed by atoms with Crippen molar-refractivity contribution in [3.05, 3.63) is 35.9 Å². The smallest absolute Gasteiger partial charge is 0.0900 e. The van der Waals surface area contributed by atoms with Gasteiger partial charge < -0.3 is 9.84 Å². The van der Waals surface area contributed by atoms with Crippen molar-refractivity contribution >= 4 is 0 Å². The Morgan fingerprint density at radius 2 is 2.00 bits per heavy atom. The molecule has 3 heteroatoms. The summed E-state index contributed by atoms with van der Waals surface area (Å²) < 4.78 is 4.88. The minimum atomic E-state index is -0.413. The quantitative estimate of drug-likeness (QED) is 0.762. The van der Waals surface area contributed by atoms with Crippen LogP contribution in [0.3, 0.4) is 0 Å². The Kier molecular flexibility index (Phi) is 5.32. The predicted molar refractivity (Wildman–Crippen MR) is 60.7 cm³/mol. The summed E-state index contributed by atoms with van der Waals surface area (Å²) in [6.45, 7) is 1.86. The van der Waals surface area contributed by atoms with Crippen LogP contribution in [0.1, 0.15) is 5.56 Å². The molecule has 84 valence electrons. The lowest BCUT2D eigenvalue weighted by Crippen LogP contribution is -2.31. The van der Waals surface area contributed by atoms with Crippen molar-refractivity contribution in [2.45, 2.75) is 12.6 Å². The van der Waals surface area contributed by atoms with Crippen molar-refractivity contribution < 1.29 is 9.84 Å². The van der Waals surface area contributed by atoms with E-state index < -0.39 is 6.10 Å². The molecule has 0 saturated heterocycles. The number of nitrogens with zero attached hydrogens (tertiary/aromatic N) is 1. The highest BCUT2D eigenvalue weighted by atomic mass is 16.5. The maximum Gasteiger partial charge on any atom is 0.0900 e. The molecule has 1 unspecified atom stereocenters. The van der Waals surface area contributed by atoms with Crippen molar-refractivity contribution in [3.8, 4) is 0 Å². The molecule has 0 radical (unpaired) electrons. The van der Waals surface area contributed by atoms with E-state index in [-0.39, 0.29) is 0 Å². The molecule has 1 aromatic carbocycles. The molecule has 0 aliphatic rings. The second-order valence-corrected chi connectivity index (χ2v) is 3.79. The van der Waals surface area contributed by atoms with Crippen LogP contribution in [0.15, 0.2) is 30.3 Å². The lowest BCUT2D eigenvalue weighted by molar-refractivity contribution is 0.0419. The molecule has 0 heterocycles. The van der Waals surface area contributed by atoms with E-state index in [0.717, 1.165) is 6.54 Å². The Balaban J connectivity index is 2.33. The summed E-state index contributed by atoms with van der Waals surface area (Å²) in [4.78, 5) is 2.08. The first-order valence-electron chi connectivity index (χ1n) is 5.12. The number of benzene rings is 1. The number of aliphatic hydroxyl groups excluding tert-OH is 1. The molecule has 0 amide bonds. The normalized spacial score (nSPS) is 13.1. The number of hydrogen-bond acceptors (Lipinski definition) is 3. The molecule has 15 heavy (non-hydrogen) atoms. The summed E-state index contributed by atoms with van der Waals surface area (Å²) in [7, 11) is 3.59. The summed E-state index contributed by atoms with van der Waals surface area (Å²) >= 11 is 0. The van der Waals surface area contributed by atoms with Gasteiger partial charge in [0.05, 0.1) is 12.7 Å². The van der Waals surface area contributed by atoms with E-state index in [1.165, 1.54) is 5.56 Å². The van der Waals surface area contributed by atoms with Crippen LogP contribution >= 0.6 is 0 Å². The summed E-state index contributed by atoms with van der Waals surface area (Å²) in [5.41, 5.74) is 1.25. The summed E-state index contributed by atoms with van der Waals surface area (Å²) in [6.07, 6.45) is -0.413. The van der Waals surface area contributed by atoms with Crippen molar-refractivity contribution in [1.29, 1.82) is 0 Å². The third kappa shape index (κ3) is 4.93. The molecule has 0 bridgehead atoms. The molecule has 0 spiro atoms. The van der Waals surface area contributed by atoms with E-state index in [9.17, 15) is 5.11 Å². The van der Waals surface area contributed by atoms with E-state index in [1.54, 1.807) is 7.11 Å².